The van der Waals surface area contributed by atoms with Crippen LogP contribution in [0.1, 0.15) is 116 Å². The predicted molar refractivity (Wildman–Crippen MR) is 122 cm³/mol. The first-order valence-corrected chi connectivity index (χ1v) is 12.1. The van der Waals surface area contributed by atoms with Crippen molar-refractivity contribution in [3.63, 3.8) is 0 Å². The topological polar surface area (TPSA) is 30.2 Å². The van der Waals surface area contributed by atoms with Crippen LogP contribution in [-0.2, 0) is 4.79 Å². The van der Waals surface area contributed by atoms with Gasteiger partial charge in [-0.05, 0) is 12.8 Å². The van der Waals surface area contributed by atoms with E-state index in [-0.39, 0.29) is 5.97 Å². The molecule has 0 saturated heterocycles. The van der Waals surface area contributed by atoms with E-state index in [1.165, 1.54) is 101 Å². The highest BCUT2D eigenvalue weighted by atomic mass is 16.7. The molecule has 164 valence electrons. The van der Waals surface area contributed by atoms with Gasteiger partial charge in [-0.15, -0.1) is 0 Å². The number of hydrogen-bond donors (Lipinski definition) is 0. The Balaban J connectivity index is 1.83. The van der Waals surface area contributed by atoms with E-state index in [0.717, 1.165) is 12.8 Å². The minimum atomic E-state index is -0.331. The van der Waals surface area contributed by atoms with Crippen molar-refractivity contribution in [1.82, 2.24) is 0 Å². The quantitative estimate of drug-likeness (QED) is 0.140. The molecule has 0 aromatic carbocycles. The summed E-state index contributed by atoms with van der Waals surface area (Å²) in [4.78, 5) is 17.2. The zero-order valence-corrected chi connectivity index (χ0v) is 18.9. The molecule has 0 amide bonds. The Kier molecular flexibility index (Phi) is 16.1. The number of nitrogens with zero attached hydrogens (tertiary/aromatic N) is 1. The van der Waals surface area contributed by atoms with E-state index in [2.05, 4.69) is 13.5 Å². The zero-order chi connectivity index (χ0) is 21.0. The number of aromatic nitrogens is 1. The predicted octanol–water partition coefficient (Wildman–Crippen LogP) is 7.14. The third-order valence-electron chi connectivity index (χ3n) is 5.50. The molecular formula is C26H44NO2+. The molecule has 0 aliphatic carbocycles. The fourth-order valence-corrected chi connectivity index (χ4v) is 3.59. The van der Waals surface area contributed by atoms with Crippen molar-refractivity contribution >= 4 is 5.97 Å². The molecule has 1 rings (SSSR count). The maximum Gasteiger partial charge on any atom is 0.406 e. The van der Waals surface area contributed by atoms with Gasteiger partial charge in [-0.25, -0.2) is 4.79 Å². The van der Waals surface area contributed by atoms with Crippen LogP contribution < -0.4 is 9.57 Å². The lowest BCUT2D eigenvalue weighted by atomic mass is 10.0. The van der Waals surface area contributed by atoms with Gasteiger partial charge < -0.3 is 0 Å². The maximum absolute atomic E-state index is 12.0. The Morgan fingerprint density at radius 3 is 1.55 bits per heavy atom. The van der Waals surface area contributed by atoms with Gasteiger partial charge in [-0.2, -0.15) is 4.84 Å². The van der Waals surface area contributed by atoms with E-state index in [0.29, 0.717) is 5.57 Å². The zero-order valence-electron chi connectivity index (χ0n) is 18.9. The van der Waals surface area contributed by atoms with E-state index in [4.69, 9.17) is 4.84 Å². The van der Waals surface area contributed by atoms with Crippen LogP contribution in [0.25, 0.3) is 0 Å². The van der Waals surface area contributed by atoms with Crippen molar-refractivity contribution in [2.75, 3.05) is 0 Å². The Bertz CT molecular complexity index is 527. The van der Waals surface area contributed by atoms with E-state index in [1.807, 2.05) is 18.2 Å². The van der Waals surface area contributed by atoms with E-state index in [9.17, 15) is 4.79 Å². The second kappa shape index (κ2) is 18.4. The molecule has 0 fully saturated rings. The molecule has 0 aliphatic rings. The van der Waals surface area contributed by atoms with Crippen molar-refractivity contribution in [3.05, 3.63) is 42.7 Å². The molecule has 0 N–H and O–H groups in total. The molecule has 0 radical (unpaired) electrons. The summed E-state index contributed by atoms with van der Waals surface area (Å²) in [6.07, 6.45) is 25.8. The Morgan fingerprint density at radius 1 is 0.690 bits per heavy atom. The van der Waals surface area contributed by atoms with Gasteiger partial charge in [0.05, 0.1) is 0 Å². The molecule has 0 aliphatic heterocycles. The Morgan fingerprint density at radius 2 is 1.10 bits per heavy atom. The Labute approximate surface area is 179 Å². The lowest BCUT2D eigenvalue weighted by Crippen LogP contribution is -2.45. The van der Waals surface area contributed by atoms with Gasteiger partial charge in [0, 0.05) is 22.4 Å². The summed E-state index contributed by atoms with van der Waals surface area (Å²) >= 11 is 0. The van der Waals surface area contributed by atoms with Crippen LogP contribution in [0.5, 0.6) is 0 Å². The van der Waals surface area contributed by atoms with Crippen LogP contribution >= 0.6 is 0 Å². The lowest BCUT2D eigenvalue weighted by Gasteiger charge is -2.04. The van der Waals surface area contributed by atoms with Gasteiger partial charge in [0.25, 0.3) is 0 Å². The van der Waals surface area contributed by atoms with Crippen molar-refractivity contribution in [1.29, 1.82) is 0 Å². The van der Waals surface area contributed by atoms with Crippen LogP contribution in [0, 0.1) is 0 Å². The second-order valence-corrected chi connectivity index (χ2v) is 8.27. The largest absolute Gasteiger partial charge is 0.406 e. The standard InChI is InChI=1S/C26H44NO2/c1-3-4-5-6-7-8-9-10-11-12-13-14-15-16-17-19-22-25(2)26(28)29-27-23-20-18-21-24-27/h18,20-21,23-24H,2-17,19,22H2,1H3/q+1. The van der Waals surface area contributed by atoms with Crippen LogP contribution in [0.3, 0.4) is 0 Å². The minimum Gasteiger partial charge on any atom is -0.239 e. The van der Waals surface area contributed by atoms with Crippen LogP contribution in [-0.4, -0.2) is 5.97 Å². The molecule has 3 heteroatoms. The molecular weight excluding hydrogens is 358 g/mol. The summed E-state index contributed by atoms with van der Waals surface area (Å²) in [6.45, 7) is 6.15. The first-order chi connectivity index (χ1) is 14.2. The molecule has 29 heavy (non-hydrogen) atoms. The highest BCUT2D eigenvalue weighted by molar-refractivity contribution is 5.87. The number of pyridine rings is 1. The number of rotatable bonds is 19. The fraction of sp³-hybridized carbons (Fsp3) is 0.692. The summed E-state index contributed by atoms with van der Waals surface area (Å²) in [6, 6.07) is 5.53. The lowest BCUT2D eigenvalue weighted by molar-refractivity contribution is -0.869. The second-order valence-electron chi connectivity index (χ2n) is 8.27. The monoisotopic (exact) mass is 402 g/mol. The van der Waals surface area contributed by atoms with Gasteiger partial charge in [0.1, 0.15) is 0 Å². The molecule has 0 atom stereocenters. The summed E-state index contributed by atoms with van der Waals surface area (Å²) in [5.74, 6) is -0.331. The minimum absolute atomic E-state index is 0.331. The van der Waals surface area contributed by atoms with Crippen molar-refractivity contribution in [3.8, 4) is 0 Å². The van der Waals surface area contributed by atoms with Crippen LogP contribution in [0.15, 0.2) is 42.7 Å². The summed E-state index contributed by atoms with van der Waals surface area (Å²) < 4.78 is 1.42. The number of carbonyl (C=O) groups is 1. The number of hydrogen-bond acceptors (Lipinski definition) is 2. The van der Waals surface area contributed by atoms with Crippen molar-refractivity contribution in [2.24, 2.45) is 0 Å². The normalized spacial score (nSPS) is 10.8. The van der Waals surface area contributed by atoms with Gasteiger partial charge in [0.15, 0.2) is 0 Å². The fourth-order valence-electron chi connectivity index (χ4n) is 3.59. The molecule has 1 heterocycles. The van der Waals surface area contributed by atoms with Gasteiger partial charge in [-0.1, -0.05) is 116 Å². The van der Waals surface area contributed by atoms with Gasteiger partial charge in [0.2, 0.25) is 12.4 Å². The number of unbranched alkanes of at least 4 members (excludes halogenated alkanes) is 15. The smallest absolute Gasteiger partial charge is 0.239 e. The molecule has 0 bridgehead atoms. The van der Waals surface area contributed by atoms with Crippen molar-refractivity contribution < 1.29 is 14.4 Å². The highest BCUT2D eigenvalue weighted by Gasteiger charge is 2.14. The van der Waals surface area contributed by atoms with Crippen LogP contribution in [0.4, 0.5) is 0 Å². The molecule has 1 aromatic rings. The van der Waals surface area contributed by atoms with E-state index >= 15 is 0 Å². The summed E-state index contributed by atoms with van der Waals surface area (Å²) in [7, 11) is 0. The molecule has 3 nitrogen and oxygen atoms in total. The SMILES string of the molecule is C=C(CCCCCCCCCCCCCCCCCC)C(=O)O[n+]1ccccc1. The van der Waals surface area contributed by atoms with E-state index in [1.54, 1.807) is 12.4 Å². The van der Waals surface area contributed by atoms with Crippen LogP contribution in [0.2, 0.25) is 0 Å². The highest BCUT2D eigenvalue weighted by Crippen LogP contribution is 2.14. The maximum atomic E-state index is 12.0. The summed E-state index contributed by atoms with van der Waals surface area (Å²) in [5.41, 5.74) is 0.562. The van der Waals surface area contributed by atoms with Crippen molar-refractivity contribution in [2.45, 2.75) is 116 Å². The third kappa shape index (κ3) is 14.9. The van der Waals surface area contributed by atoms with Gasteiger partial charge >= 0.3 is 5.97 Å². The molecule has 0 spiro atoms. The number of carbonyl (C=O) groups excluding carboxylic acids is 1. The molecule has 1 aromatic heterocycles. The first kappa shape index (κ1) is 25.4. The average Bonchev–Trinajstić information content (AvgIpc) is 2.74. The van der Waals surface area contributed by atoms with E-state index < -0.39 is 0 Å². The summed E-state index contributed by atoms with van der Waals surface area (Å²) in [5, 5.41) is 0. The van der Waals surface area contributed by atoms with Gasteiger partial charge in [-0.3, -0.25) is 0 Å². The first-order valence-electron chi connectivity index (χ1n) is 12.1. The Hall–Kier alpha value is -1.64. The third-order valence-corrected chi connectivity index (χ3v) is 5.50. The molecule has 0 saturated carbocycles. The molecule has 0 unspecified atom stereocenters. The average molecular weight is 403 g/mol.